The van der Waals surface area contributed by atoms with E-state index in [4.69, 9.17) is 4.74 Å². The van der Waals surface area contributed by atoms with Gasteiger partial charge in [-0.25, -0.2) is 0 Å². The van der Waals surface area contributed by atoms with Crippen molar-refractivity contribution in [3.8, 4) is 5.75 Å². The van der Waals surface area contributed by atoms with Crippen molar-refractivity contribution in [3.05, 3.63) is 59.2 Å². The number of hydrogen-bond acceptors (Lipinski definition) is 3. The molecule has 4 rings (SSSR count). The molecule has 5 nitrogen and oxygen atoms in total. The minimum Gasteiger partial charge on any atom is -0.491 e. The van der Waals surface area contributed by atoms with Crippen molar-refractivity contribution in [2.75, 3.05) is 18.5 Å². The summed E-state index contributed by atoms with van der Waals surface area (Å²) in [7, 11) is 0. The van der Waals surface area contributed by atoms with Gasteiger partial charge in [0.1, 0.15) is 12.4 Å². The lowest BCUT2D eigenvalue weighted by atomic mass is 10.1. The third-order valence-corrected chi connectivity index (χ3v) is 4.81. The van der Waals surface area contributed by atoms with E-state index in [-0.39, 0.29) is 17.7 Å². The van der Waals surface area contributed by atoms with Crippen LogP contribution in [0.3, 0.4) is 0 Å². The number of fused-ring (bicyclic) bond motifs is 1. The third-order valence-electron chi connectivity index (χ3n) is 4.81. The van der Waals surface area contributed by atoms with Crippen LogP contribution in [0.25, 0.3) is 0 Å². The van der Waals surface area contributed by atoms with Crippen molar-refractivity contribution in [2.24, 2.45) is 5.92 Å². The molecule has 2 aromatic carbocycles. The number of hydrogen-bond donors (Lipinski definition) is 1. The highest BCUT2D eigenvalue weighted by atomic mass is 16.5. The van der Waals surface area contributed by atoms with E-state index in [2.05, 4.69) is 5.32 Å². The first-order valence-electron chi connectivity index (χ1n) is 9.03. The van der Waals surface area contributed by atoms with E-state index < -0.39 is 0 Å². The van der Waals surface area contributed by atoms with Crippen LogP contribution in [0.15, 0.2) is 42.5 Å². The maximum absolute atomic E-state index is 12.9. The second kappa shape index (κ2) is 6.83. The van der Waals surface area contributed by atoms with Crippen LogP contribution >= 0.6 is 0 Å². The van der Waals surface area contributed by atoms with Gasteiger partial charge < -0.3 is 15.0 Å². The molecule has 2 amide bonds. The van der Waals surface area contributed by atoms with Crippen LogP contribution in [0.5, 0.6) is 5.75 Å². The Labute approximate surface area is 153 Å². The first kappa shape index (κ1) is 16.6. The Balaban J connectivity index is 1.54. The molecule has 1 heterocycles. The van der Waals surface area contributed by atoms with E-state index in [1.807, 2.05) is 49.4 Å². The van der Waals surface area contributed by atoms with Crippen LogP contribution in [0.1, 0.15) is 34.3 Å². The number of amides is 2. The summed E-state index contributed by atoms with van der Waals surface area (Å²) < 4.78 is 5.80. The van der Waals surface area contributed by atoms with Crippen molar-refractivity contribution >= 4 is 17.5 Å². The monoisotopic (exact) mass is 350 g/mol. The predicted molar refractivity (Wildman–Crippen MR) is 99.2 cm³/mol. The average Bonchev–Trinajstić information content (AvgIpc) is 3.47. The summed E-state index contributed by atoms with van der Waals surface area (Å²) in [5.74, 6) is 1.00. The molecule has 5 heteroatoms. The van der Waals surface area contributed by atoms with Crippen molar-refractivity contribution in [1.82, 2.24) is 4.90 Å². The SMILES string of the molecule is Cc1cccc(C(=O)N2CCOc3ccc(NC(=O)C4CC4)cc3C2)c1. The number of rotatable bonds is 3. The van der Waals surface area contributed by atoms with E-state index >= 15 is 0 Å². The number of ether oxygens (including phenoxy) is 1. The van der Waals surface area contributed by atoms with Gasteiger partial charge in [-0.15, -0.1) is 0 Å². The molecule has 2 aromatic rings. The summed E-state index contributed by atoms with van der Waals surface area (Å²) in [6.07, 6.45) is 1.94. The number of carbonyl (C=O) groups is 2. The van der Waals surface area contributed by atoms with Crippen molar-refractivity contribution in [2.45, 2.75) is 26.3 Å². The number of benzene rings is 2. The molecule has 1 fully saturated rings. The first-order valence-corrected chi connectivity index (χ1v) is 9.03. The molecule has 0 atom stereocenters. The zero-order valence-electron chi connectivity index (χ0n) is 14.8. The molecule has 1 saturated carbocycles. The van der Waals surface area contributed by atoms with Gasteiger partial charge in [-0.1, -0.05) is 17.7 Å². The quantitative estimate of drug-likeness (QED) is 0.923. The van der Waals surface area contributed by atoms with Gasteiger partial charge in [0.25, 0.3) is 5.91 Å². The molecule has 0 aromatic heterocycles. The lowest BCUT2D eigenvalue weighted by Crippen LogP contribution is -2.32. The molecule has 1 N–H and O–H groups in total. The predicted octanol–water partition coefficient (Wildman–Crippen LogP) is 3.38. The largest absolute Gasteiger partial charge is 0.491 e. The average molecular weight is 350 g/mol. The highest BCUT2D eigenvalue weighted by Crippen LogP contribution is 2.32. The Morgan fingerprint density at radius 2 is 2.00 bits per heavy atom. The molecule has 134 valence electrons. The normalized spacial score (nSPS) is 16.3. The summed E-state index contributed by atoms with van der Waals surface area (Å²) >= 11 is 0. The first-order chi connectivity index (χ1) is 12.6. The van der Waals surface area contributed by atoms with Crippen LogP contribution in [-0.4, -0.2) is 29.9 Å². The minimum absolute atomic E-state index is 0.00225. The highest BCUT2D eigenvalue weighted by molar-refractivity contribution is 5.95. The molecular formula is C21H22N2O3. The Morgan fingerprint density at radius 1 is 1.15 bits per heavy atom. The Bertz CT molecular complexity index is 858. The zero-order valence-corrected chi connectivity index (χ0v) is 14.8. The number of nitrogens with one attached hydrogen (secondary N) is 1. The maximum Gasteiger partial charge on any atom is 0.254 e. The molecular weight excluding hydrogens is 328 g/mol. The molecule has 0 spiro atoms. The molecule has 0 saturated heterocycles. The summed E-state index contributed by atoms with van der Waals surface area (Å²) in [6.45, 7) is 3.44. The van der Waals surface area contributed by atoms with E-state index in [1.165, 1.54) is 0 Å². The van der Waals surface area contributed by atoms with E-state index in [9.17, 15) is 9.59 Å². The maximum atomic E-state index is 12.9. The lowest BCUT2D eigenvalue weighted by molar-refractivity contribution is -0.117. The van der Waals surface area contributed by atoms with E-state index in [0.29, 0.717) is 25.3 Å². The third kappa shape index (κ3) is 3.57. The minimum atomic E-state index is -0.00225. The van der Waals surface area contributed by atoms with Gasteiger partial charge in [0.2, 0.25) is 5.91 Å². The topological polar surface area (TPSA) is 58.6 Å². The van der Waals surface area contributed by atoms with Crippen molar-refractivity contribution < 1.29 is 14.3 Å². The summed E-state index contributed by atoms with van der Waals surface area (Å²) in [5.41, 5.74) is 3.42. The molecule has 26 heavy (non-hydrogen) atoms. The Kier molecular flexibility index (Phi) is 4.37. The summed E-state index contributed by atoms with van der Waals surface area (Å²) in [5, 5.41) is 2.96. The van der Waals surface area contributed by atoms with Crippen molar-refractivity contribution in [3.63, 3.8) is 0 Å². The Hall–Kier alpha value is -2.82. The molecule has 0 unspecified atom stereocenters. The van der Waals surface area contributed by atoms with Gasteiger partial charge in [-0.3, -0.25) is 9.59 Å². The summed E-state index contributed by atoms with van der Waals surface area (Å²) in [6, 6.07) is 13.3. The van der Waals surface area contributed by atoms with Crippen LogP contribution < -0.4 is 10.1 Å². The zero-order chi connectivity index (χ0) is 18.1. The van der Waals surface area contributed by atoms with E-state index in [1.54, 1.807) is 4.90 Å². The fourth-order valence-electron chi connectivity index (χ4n) is 3.20. The van der Waals surface area contributed by atoms with Crippen molar-refractivity contribution in [1.29, 1.82) is 0 Å². The van der Waals surface area contributed by atoms with Crippen LogP contribution in [0.2, 0.25) is 0 Å². The van der Waals surface area contributed by atoms with Gasteiger partial charge in [0.15, 0.2) is 0 Å². The highest BCUT2D eigenvalue weighted by Gasteiger charge is 2.30. The fraction of sp³-hybridized carbons (Fsp3) is 0.333. The van der Waals surface area contributed by atoms with Gasteiger partial charge >= 0.3 is 0 Å². The second-order valence-electron chi connectivity index (χ2n) is 7.03. The van der Waals surface area contributed by atoms with Gasteiger partial charge in [0.05, 0.1) is 6.54 Å². The van der Waals surface area contributed by atoms with Gasteiger partial charge in [-0.2, -0.15) is 0 Å². The van der Waals surface area contributed by atoms with Crippen LogP contribution in [0.4, 0.5) is 5.69 Å². The van der Waals surface area contributed by atoms with Crippen LogP contribution in [0, 0.1) is 12.8 Å². The fourth-order valence-corrected chi connectivity index (χ4v) is 3.20. The van der Waals surface area contributed by atoms with Gasteiger partial charge in [-0.05, 0) is 50.1 Å². The number of anilines is 1. The van der Waals surface area contributed by atoms with Crippen LogP contribution in [-0.2, 0) is 11.3 Å². The van der Waals surface area contributed by atoms with Gasteiger partial charge in [0, 0.05) is 29.3 Å². The standard InChI is InChI=1S/C21H22N2O3/c1-14-3-2-4-16(11-14)21(25)23-9-10-26-19-8-7-18(12-17(19)13-23)22-20(24)15-5-6-15/h2-4,7-8,11-12,15H,5-6,9-10,13H2,1H3,(H,22,24). The number of aryl methyl sites for hydroxylation is 1. The summed E-state index contributed by atoms with van der Waals surface area (Å²) in [4.78, 5) is 26.7. The lowest BCUT2D eigenvalue weighted by Gasteiger charge is -2.20. The molecule has 1 aliphatic heterocycles. The second-order valence-corrected chi connectivity index (χ2v) is 7.03. The Morgan fingerprint density at radius 3 is 2.77 bits per heavy atom. The molecule has 0 bridgehead atoms. The van der Waals surface area contributed by atoms with E-state index in [0.717, 1.165) is 35.4 Å². The number of nitrogens with zero attached hydrogens (tertiary/aromatic N) is 1. The smallest absolute Gasteiger partial charge is 0.254 e. The molecule has 0 radical (unpaired) electrons. The molecule has 1 aliphatic carbocycles. The number of carbonyl (C=O) groups excluding carboxylic acids is 2. The molecule has 2 aliphatic rings.